The molecule has 1 atom stereocenters. The van der Waals surface area contributed by atoms with Crippen LogP contribution in [0.25, 0.3) is 0 Å². The molecule has 0 saturated carbocycles. The van der Waals surface area contributed by atoms with Gasteiger partial charge in [-0.2, -0.15) is 0 Å². The summed E-state index contributed by atoms with van der Waals surface area (Å²) in [5, 5.41) is 6.21. The first-order chi connectivity index (χ1) is 7.66. The standard InChI is InChI=1S/C12H13ClN2S/c1-8-3-4-10(13)5-11(8)15-9(2)12-6-16-7-14-12/h3-7,9,15H,1-2H3. The molecule has 1 heterocycles. The molecule has 2 aromatic rings. The first kappa shape index (κ1) is 11.4. The van der Waals surface area contributed by atoms with Gasteiger partial charge in [-0.05, 0) is 31.5 Å². The van der Waals surface area contributed by atoms with Crippen molar-refractivity contribution >= 4 is 28.6 Å². The van der Waals surface area contributed by atoms with Crippen LogP contribution >= 0.6 is 22.9 Å². The maximum atomic E-state index is 5.97. The number of hydrogen-bond donors (Lipinski definition) is 1. The zero-order valence-corrected chi connectivity index (χ0v) is 10.8. The Morgan fingerprint density at radius 3 is 2.94 bits per heavy atom. The summed E-state index contributed by atoms with van der Waals surface area (Å²) in [4.78, 5) is 4.29. The molecule has 1 N–H and O–H groups in total. The van der Waals surface area contributed by atoms with E-state index in [4.69, 9.17) is 11.6 Å². The van der Waals surface area contributed by atoms with Crippen molar-refractivity contribution in [3.8, 4) is 0 Å². The molecular formula is C12H13ClN2S. The number of benzene rings is 1. The molecule has 1 aromatic heterocycles. The molecule has 0 bridgehead atoms. The predicted octanol–water partition coefficient (Wildman–Crippen LogP) is 4.28. The molecule has 0 fully saturated rings. The highest BCUT2D eigenvalue weighted by Gasteiger charge is 2.08. The van der Waals surface area contributed by atoms with Crippen LogP contribution in [0.3, 0.4) is 0 Å². The zero-order chi connectivity index (χ0) is 11.5. The molecular weight excluding hydrogens is 240 g/mol. The Morgan fingerprint density at radius 2 is 2.25 bits per heavy atom. The van der Waals surface area contributed by atoms with Crippen LogP contribution in [0, 0.1) is 6.92 Å². The van der Waals surface area contributed by atoms with Crippen molar-refractivity contribution in [3.05, 3.63) is 45.4 Å². The number of thiazole rings is 1. The summed E-state index contributed by atoms with van der Waals surface area (Å²) in [6, 6.07) is 6.05. The molecule has 0 spiro atoms. The second kappa shape index (κ2) is 4.85. The van der Waals surface area contributed by atoms with Gasteiger partial charge in [-0.25, -0.2) is 4.98 Å². The maximum absolute atomic E-state index is 5.97. The molecule has 0 amide bonds. The largest absolute Gasteiger partial charge is 0.377 e. The normalized spacial score (nSPS) is 12.4. The fourth-order valence-corrected chi connectivity index (χ4v) is 2.31. The lowest BCUT2D eigenvalue weighted by Gasteiger charge is -2.15. The molecule has 2 rings (SSSR count). The summed E-state index contributed by atoms with van der Waals surface area (Å²) >= 11 is 7.58. The lowest BCUT2D eigenvalue weighted by Crippen LogP contribution is -2.07. The molecule has 0 radical (unpaired) electrons. The van der Waals surface area contributed by atoms with Crippen LogP contribution in [0.5, 0.6) is 0 Å². The van der Waals surface area contributed by atoms with E-state index in [1.54, 1.807) is 11.3 Å². The number of hydrogen-bond acceptors (Lipinski definition) is 3. The monoisotopic (exact) mass is 252 g/mol. The molecule has 2 nitrogen and oxygen atoms in total. The first-order valence-corrected chi connectivity index (χ1v) is 6.39. The highest BCUT2D eigenvalue weighted by Crippen LogP contribution is 2.24. The van der Waals surface area contributed by atoms with Crippen LogP contribution in [0.1, 0.15) is 24.2 Å². The summed E-state index contributed by atoms with van der Waals surface area (Å²) < 4.78 is 0. The molecule has 16 heavy (non-hydrogen) atoms. The van der Waals surface area contributed by atoms with Crippen LogP contribution in [0.4, 0.5) is 5.69 Å². The van der Waals surface area contributed by atoms with E-state index in [1.165, 1.54) is 5.56 Å². The average molecular weight is 253 g/mol. The van der Waals surface area contributed by atoms with Gasteiger partial charge in [-0.15, -0.1) is 11.3 Å². The third-order valence-electron chi connectivity index (χ3n) is 2.47. The Balaban J connectivity index is 2.17. The molecule has 0 aliphatic heterocycles. The lowest BCUT2D eigenvalue weighted by atomic mass is 10.1. The Hall–Kier alpha value is -1.06. The van der Waals surface area contributed by atoms with Gasteiger partial charge in [0.25, 0.3) is 0 Å². The van der Waals surface area contributed by atoms with Gasteiger partial charge in [0, 0.05) is 16.1 Å². The van der Waals surface area contributed by atoms with Gasteiger partial charge < -0.3 is 5.32 Å². The van der Waals surface area contributed by atoms with E-state index in [1.807, 2.05) is 23.7 Å². The summed E-state index contributed by atoms with van der Waals surface area (Å²) in [7, 11) is 0. The van der Waals surface area contributed by atoms with Gasteiger partial charge >= 0.3 is 0 Å². The predicted molar refractivity (Wildman–Crippen MR) is 70.3 cm³/mol. The van der Waals surface area contributed by atoms with Gasteiger partial charge in [-0.1, -0.05) is 17.7 Å². The van der Waals surface area contributed by atoms with Crippen LogP contribution < -0.4 is 5.32 Å². The van der Waals surface area contributed by atoms with E-state index in [0.717, 1.165) is 16.4 Å². The van der Waals surface area contributed by atoms with Crippen molar-refractivity contribution in [2.75, 3.05) is 5.32 Å². The smallest absolute Gasteiger partial charge is 0.0795 e. The third-order valence-corrected chi connectivity index (χ3v) is 3.31. The van der Waals surface area contributed by atoms with Crippen LogP contribution in [0.15, 0.2) is 29.1 Å². The SMILES string of the molecule is Cc1ccc(Cl)cc1NC(C)c1cscn1. The minimum Gasteiger partial charge on any atom is -0.377 e. The highest BCUT2D eigenvalue weighted by atomic mass is 35.5. The Bertz CT molecular complexity index is 468. The summed E-state index contributed by atoms with van der Waals surface area (Å²) in [6.45, 7) is 4.15. The van der Waals surface area contributed by atoms with E-state index in [9.17, 15) is 0 Å². The van der Waals surface area contributed by atoms with Crippen molar-refractivity contribution in [2.45, 2.75) is 19.9 Å². The molecule has 1 aromatic carbocycles. The second-order valence-corrected chi connectivity index (χ2v) is 4.89. The molecule has 0 aliphatic carbocycles. The van der Waals surface area contributed by atoms with Crippen molar-refractivity contribution < 1.29 is 0 Å². The second-order valence-electron chi connectivity index (χ2n) is 3.74. The molecule has 1 unspecified atom stereocenters. The topological polar surface area (TPSA) is 24.9 Å². The number of aromatic nitrogens is 1. The minimum absolute atomic E-state index is 0.198. The van der Waals surface area contributed by atoms with Crippen LogP contribution in [-0.2, 0) is 0 Å². The van der Waals surface area contributed by atoms with Crippen molar-refractivity contribution in [3.63, 3.8) is 0 Å². The van der Waals surface area contributed by atoms with Gasteiger partial charge in [0.1, 0.15) is 0 Å². The van der Waals surface area contributed by atoms with Crippen molar-refractivity contribution in [1.82, 2.24) is 4.98 Å². The van der Waals surface area contributed by atoms with Gasteiger partial charge in [0.15, 0.2) is 0 Å². The number of halogens is 1. The van der Waals surface area contributed by atoms with E-state index >= 15 is 0 Å². The number of aryl methyl sites for hydroxylation is 1. The zero-order valence-electron chi connectivity index (χ0n) is 9.20. The fourth-order valence-electron chi connectivity index (χ4n) is 1.49. The molecule has 84 valence electrons. The van der Waals surface area contributed by atoms with E-state index in [0.29, 0.717) is 0 Å². The summed E-state index contributed by atoms with van der Waals surface area (Å²) in [6.07, 6.45) is 0. The maximum Gasteiger partial charge on any atom is 0.0795 e. The number of nitrogens with zero attached hydrogens (tertiary/aromatic N) is 1. The van der Waals surface area contributed by atoms with Gasteiger partial charge in [-0.3, -0.25) is 0 Å². The quantitative estimate of drug-likeness (QED) is 0.882. The fraction of sp³-hybridized carbons (Fsp3) is 0.250. The van der Waals surface area contributed by atoms with Gasteiger partial charge in [0.05, 0.1) is 17.2 Å². The van der Waals surface area contributed by atoms with E-state index in [-0.39, 0.29) is 6.04 Å². The van der Waals surface area contributed by atoms with Crippen LogP contribution in [-0.4, -0.2) is 4.98 Å². The summed E-state index contributed by atoms with van der Waals surface area (Å²) in [5.41, 5.74) is 5.15. The molecule has 0 aliphatic rings. The van der Waals surface area contributed by atoms with Crippen molar-refractivity contribution in [2.24, 2.45) is 0 Å². The van der Waals surface area contributed by atoms with E-state index in [2.05, 4.69) is 29.5 Å². The summed E-state index contributed by atoms with van der Waals surface area (Å²) in [5.74, 6) is 0. The number of rotatable bonds is 3. The molecule has 0 saturated heterocycles. The third kappa shape index (κ3) is 2.54. The number of nitrogens with one attached hydrogen (secondary N) is 1. The van der Waals surface area contributed by atoms with Crippen LogP contribution in [0.2, 0.25) is 5.02 Å². The average Bonchev–Trinajstić information content (AvgIpc) is 2.76. The Labute approximate surface area is 104 Å². The van der Waals surface area contributed by atoms with E-state index < -0.39 is 0 Å². The minimum atomic E-state index is 0.198. The lowest BCUT2D eigenvalue weighted by molar-refractivity contribution is 0.848. The first-order valence-electron chi connectivity index (χ1n) is 5.07. The number of anilines is 1. The molecule has 4 heteroatoms. The Morgan fingerprint density at radius 1 is 1.44 bits per heavy atom. The van der Waals surface area contributed by atoms with Crippen molar-refractivity contribution in [1.29, 1.82) is 0 Å². The highest BCUT2D eigenvalue weighted by molar-refractivity contribution is 7.07. The Kier molecular flexibility index (Phi) is 3.46. The van der Waals surface area contributed by atoms with Gasteiger partial charge in [0.2, 0.25) is 0 Å².